The van der Waals surface area contributed by atoms with E-state index in [9.17, 15) is 0 Å². The summed E-state index contributed by atoms with van der Waals surface area (Å²) >= 11 is 1.68. The third-order valence-corrected chi connectivity index (χ3v) is 3.53. The van der Waals surface area contributed by atoms with E-state index in [2.05, 4.69) is 37.6 Å². The van der Waals surface area contributed by atoms with Crippen molar-refractivity contribution in [3.63, 3.8) is 0 Å². The molecule has 0 aliphatic rings. The molecule has 6 nitrogen and oxygen atoms in total. The van der Waals surface area contributed by atoms with Crippen LogP contribution in [-0.2, 0) is 0 Å². The van der Waals surface area contributed by atoms with E-state index in [1.807, 2.05) is 18.4 Å². The SMILES string of the molecule is CSc1cccc(Nc2ncncc2-c2nc(C)no2)c1. The van der Waals surface area contributed by atoms with Crippen LogP contribution < -0.4 is 5.32 Å². The minimum absolute atomic E-state index is 0.400. The van der Waals surface area contributed by atoms with Crippen molar-refractivity contribution in [1.82, 2.24) is 20.1 Å². The highest BCUT2D eigenvalue weighted by Gasteiger charge is 2.13. The van der Waals surface area contributed by atoms with Crippen LogP contribution >= 0.6 is 11.8 Å². The van der Waals surface area contributed by atoms with Gasteiger partial charge < -0.3 is 9.84 Å². The largest absolute Gasteiger partial charge is 0.339 e. The Hall–Kier alpha value is -2.41. The quantitative estimate of drug-likeness (QED) is 0.740. The van der Waals surface area contributed by atoms with Crippen molar-refractivity contribution in [2.24, 2.45) is 0 Å². The zero-order valence-electron chi connectivity index (χ0n) is 11.6. The molecule has 0 aliphatic heterocycles. The van der Waals surface area contributed by atoms with Gasteiger partial charge in [0.2, 0.25) is 0 Å². The fourth-order valence-corrected chi connectivity index (χ4v) is 2.29. The van der Waals surface area contributed by atoms with Crippen molar-refractivity contribution in [3.8, 4) is 11.5 Å². The molecule has 0 atom stereocenters. The van der Waals surface area contributed by atoms with Gasteiger partial charge in [-0.2, -0.15) is 4.98 Å². The lowest BCUT2D eigenvalue weighted by Crippen LogP contribution is -1.97. The molecule has 21 heavy (non-hydrogen) atoms. The maximum atomic E-state index is 5.19. The van der Waals surface area contributed by atoms with Crippen LogP contribution in [0.25, 0.3) is 11.5 Å². The molecule has 106 valence electrons. The zero-order valence-corrected chi connectivity index (χ0v) is 12.4. The van der Waals surface area contributed by atoms with Gasteiger partial charge in [0.05, 0.1) is 0 Å². The average molecular weight is 299 g/mol. The predicted octanol–water partition coefficient (Wildman–Crippen LogP) is 3.30. The van der Waals surface area contributed by atoms with Gasteiger partial charge in [0.25, 0.3) is 5.89 Å². The van der Waals surface area contributed by atoms with E-state index in [1.54, 1.807) is 24.9 Å². The maximum Gasteiger partial charge on any atom is 0.263 e. The van der Waals surface area contributed by atoms with Crippen molar-refractivity contribution in [2.45, 2.75) is 11.8 Å². The summed E-state index contributed by atoms with van der Waals surface area (Å²) in [4.78, 5) is 13.7. The van der Waals surface area contributed by atoms with E-state index in [0.29, 0.717) is 23.1 Å². The number of hydrogen-bond acceptors (Lipinski definition) is 7. The van der Waals surface area contributed by atoms with Crippen LogP contribution in [0.4, 0.5) is 11.5 Å². The number of aromatic nitrogens is 4. The second-order valence-electron chi connectivity index (χ2n) is 4.29. The molecule has 7 heteroatoms. The van der Waals surface area contributed by atoms with Gasteiger partial charge in [-0.05, 0) is 31.4 Å². The standard InChI is InChI=1S/C14H13N5OS/c1-9-17-14(20-19-9)12-7-15-8-16-13(12)18-10-4-3-5-11(6-10)21-2/h3-8H,1-2H3,(H,15,16,18). The molecule has 1 N–H and O–H groups in total. The number of rotatable bonds is 4. The Bertz CT molecular complexity index is 758. The van der Waals surface area contributed by atoms with Crippen LogP contribution in [0, 0.1) is 6.92 Å². The Morgan fingerprint density at radius 3 is 2.95 bits per heavy atom. The molecule has 2 aromatic heterocycles. The van der Waals surface area contributed by atoms with E-state index in [1.165, 1.54) is 11.2 Å². The Morgan fingerprint density at radius 1 is 1.29 bits per heavy atom. The Morgan fingerprint density at radius 2 is 2.19 bits per heavy atom. The number of thioether (sulfide) groups is 1. The first-order valence-electron chi connectivity index (χ1n) is 6.28. The fraction of sp³-hybridized carbons (Fsp3) is 0.143. The number of anilines is 2. The third-order valence-electron chi connectivity index (χ3n) is 2.80. The second kappa shape index (κ2) is 5.92. The molecule has 3 rings (SSSR count). The van der Waals surface area contributed by atoms with Gasteiger partial charge in [-0.25, -0.2) is 9.97 Å². The van der Waals surface area contributed by atoms with E-state index < -0.39 is 0 Å². The molecule has 0 bridgehead atoms. The second-order valence-corrected chi connectivity index (χ2v) is 5.17. The number of aryl methyl sites for hydroxylation is 1. The Labute approximate surface area is 126 Å². The predicted molar refractivity (Wildman–Crippen MR) is 81.6 cm³/mol. The molecule has 0 saturated carbocycles. The number of benzene rings is 1. The third kappa shape index (κ3) is 3.03. The molecule has 0 unspecified atom stereocenters. The normalized spacial score (nSPS) is 10.6. The van der Waals surface area contributed by atoms with E-state index >= 15 is 0 Å². The van der Waals surface area contributed by atoms with Crippen LogP contribution in [0.2, 0.25) is 0 Å². The molecular weight excluding hydrogens is 286 g/mol. The summed E-state index contributed by atoms with van der Waals surface area (Å²) < 4.78 is 5.19. The van der Waals surface area contributed by atoms with Gasteiger partial charge in [0.1, 0.15) is 17.7 Å². The molecule has 0 radical (unpaired) electrons. The average Bonchev–Trinajstić information content (AvgIpc) is 2.94. The van der Waals surface area contributed by atoms with Crippen LogP contribution in [0.3, 0.4) is 0 Å². The fourth-order valence-electron chi connectivity index (χ4n) is 1.83. The first-order chi connectivity index (χ1) is 10.3. The molecule has 0 saturated heterocycles. The molecule has 3 aromatic rings. The lowest BCUT2D eigenvalue weighted by molar-refractivity contribution is 0.425. The summed E-state index contributed by atoms with van der Waals surface area (Å²) in [5, 5.41) is 7.06. The number of hydrogen-bond donors (Lipinski definition) is 1. The smallest absolute Gasteiger partial charge is 0.263 e. The van der Waals surface area contributed by atoms with E-state index in [4.69, 9.17) is 4.52 Å². The highest BCUT2D eigenvalue weighted by molar-refractivity contribution is 7.98. The molecule has 2 heterocycles. The van der Waals surface area contributed by atoms with Gasteiger partial charge in [-0.3, -0.25) is 0 Å². The van der Waals surface area contributed by atoms with Crippen molar-refractivity contribution >= 4 is 23.3 Å². The highest BCUT2D eigenvalue weighted by Crippen LogP contribution is 2.27. The van der Waals surface area contributed by atoms with Crippen LogP contribution in [-0.4, -0.2) is 26.4 Å². The molecule has 0 fully saturated rings. The Kier molecular flexibility index (Phi) is 3.83. The van der Waals surface area contributed by atoms with Gasteiger partial charge >= 0.3 is 0 Å². The topological polar surface area (TPSA) is 76.7 Å². The summed E-state index contributed by atoms with van der Waals surface area (Å²) in [5.41, 5.74) is 1.62. The lowest BCUT2D eigenvalue weighted by atomic mass is 10.2. The Balaban J connectivity index is 1.95. The number of nitrogens with one attached hydrogen (secondary N) is 1. The van der Waals surface area contributed by atoms with Gasteiger partial charge in [-0.15, -0.1) is 11.8 Å². The van der Waals surface area contributed by atoms with Gasteiger partial charge in [0.15, 0.2) is 5.82 Å². The molecule has 0 spiro atoms. The zero-order chi connectivity index (χ0) is 14.7. The summed E-state index contributed by atoms with van der Waals surface area (Å²) in [5.74, 6) is 1.60. The summed E-state index contributed by atoms with van der Waals surface area (Å²) in [6.45, 7) is 1.77. The van der Waals surface area contributed by atoms with Crippen LogP contribution in [0.1, 0.15) is 5.82 Å². The minimum atomic E-state index is 0.400. The monoisotopic (exact) mass is 299 g/mol. The summed E-state index contributed by atoms with van der Waals surface area (Å²) in [6.07, 6.45) is 5.17. The van der Waals surface area contributed by atoms with Crippen molar-refractivity contribution in [3.05, 3.63) is 42.6 Å². The molecule has 0 aliphatic carbocycles. The van der Waals surface area contributed by atoms with Crippen molar-refractivity contribution < 1.29 is 4.52 Å². The first-order valence-corrected chi connectivity index (χ1v) is 7.50. The van der Waals surface area contributed by atoms with E-state index in [0.717, 1.165) is 5.69 Å². The molecule has 1 aromatic carbocycles. The number of nitrogens with zero attached hydrogens (tertiary/aromatic N) is 4. The first kappa shape index (κ1) is 13.6. The lowest BCUT2D eigenvalue weighted by Gasteiger charge is -2.08. The van der Waals surface area contributed by atoms with Crippen molar-refractivity contribution in [1.29, 1.82) is 0 Å². The minimum Gasteiger partial charge on any atom is -0.339 e. The highest BCUT2D eigenvalue weighted by atomic mass is 32.2. The molecular formula is C14H13N5OS. The van der Waals surface area contributed by atoms with Crippen LogP contribution in [0.15, 0.2) is 46.2 Å². The maximum absolute atomic E-state index is 5.19. The van der Waals surface area contributed by atoms with Crippen LogP contribution in [0.5, 0.6) is 0 Å². The molecule has 0 amide bonds. The van der Waals surface area contributed by atoms with Crippen molar-refractivity contribution in [2.75, 3.05) is 11.6 Å². The van der Waals surface area contributed by atoms with Gasteiger partial charge in [0, 0.05) is 16.8 Å². The summed E-state index contributed by atoms with van der Waals surface area (Å²) in [7, 11) is 0. The van der Waals surface area contributed by atoms with Gasteiger partial charge in [-0.1, -0.05) is 11.2 Å². The summed E-state index contributed by atoms with van der Waals surface area (Å²) in [6, 6.07) is 8.07. The van der Waals surface area contributed by atoms with E-state index in [-0.39, 0.29) is 0 Å².